The van der Waals surface area contributed by atoms with Gasteiger partial charge in [-0.2, -0.15) is 0 Å². The molecule has 6 nitrogen and oxygen atoms in total. The van der Waals surface area contributed by atoms with Crippen LogP contribution in [0.3, 0.4) is 0 Å². The molecule has 0 aliphatic heterocycles. The van der Waals surface area contributed by atoms with Crippen molar-refractivity contribution in [3.63, 3.8) is 0 Å². The predicted octanol–water partition coefficient (Wildman–Crippen LogP) is 3.04. The van der Waals surface area contributed by atoms with Gasteiger partial charge in [-0.05, 0) is 36.8 Å². The number of aryl methyl sites for hydroxylation is 1. The van der Waals surface area contributed by atoms with Gasteiger partial charge in [0, 0.05) is 30.2 Å². The zero-order valence-corrected chi connectivity index (χ0v) is 15.3. The lowest BCUT2D eigenvalue weighted by atomic mass is 10.2. The predicted molar refractivity (Wildman–Crippen MR) is 99.0 cm³/mol. The molecular weight excluding hydrogens is 372 g/mol. The van der Waals surface area contributed by atoms with E-state index in [0.717, 1.165) is 21.5 Å². The molecule has 128 valence electrons. The van der Waals surface area contributed by atoms with Crippen molar-refractivity contribution in [3.8, 4) is 0 Å². The van der Waals surface area contributed by atoms with Gasteiger partial charge in [-0.3, -0.25) is 9.79 Å². The second-order valence-electron chi connectivity index (χ2n) is 5.19. The first-order chi connectivity index (χ1) is 11.6. The lowest BCUT2D eigenvalue weighted by Gasteiger charge is -2.12. The van der Waals surface area contributed by atoms with E-state index in [1.54, 1.807) is 13.3 Å². The highest BCUT2D eigenvalue weighted by atomic mass is 79.9. The molecule has 0 saturated heterocycles. The smallest absolute Gasteiger partial charge is 0.226 e. The van der Waals surface area contributed by atoms with Crippen molar-refractivity contribution in [1.82, 2.24) is 10.6 Å². The van der Waals surface area contributed by atoms with Crippen LogP contribution in [0.5, 0.6) is 0 Å². The van der Waals surface area contributed by atoms with Gasteiger partial charge in [-0.25, -0.2) is 0 Å². The molecule has 0 unspecified atom stereocenters. The Kier molecular flexibility index (Phi) is 6.87. The SMILES string of the molecule is CN=C(NCCC(=O)Nc1cc(Br)ccc1C)NCc1ccco1. The van der Waals surface area contributed by atoms with Gasteiger partial charge in [0.05, 0.1) is 12.8 Å². The number of nitrogens with zero attached hydrogens (tertiary/aromatic N) is 1. The Morgan fingerprint density at radius 2 is 2.12 bits per heavy atom. The van der Waals surface area contributed by atoms with Crippen molar-refractivity contribution >= 4 is 33.5 Å². The van der Waals surface area contributed by atoms with E-state index in [2.05, 4.69) is 36.9 Å². The van der Waals surface area contributed by atoms with E-state index < -0.39 is 0 Å². The molecule has 2 aromatic rings. The van der Waals surface area contributed by atoms with Crippen LogP contribution in [-0.2, 0) is 11.3 Å². The van der Waals surface area contributed by atoms with Crippen LogP contribution in [0.1, 0.15) is 17.7 Å². The summed E-state index contributed by atoms with van der Waals surface area (Å²) < 4.78 is 6.18. The van der Waals surface area contributed by atoms with Crippen molar-refractivity contribution in [1.29, 1.82) is 0 Å². The number of furan rings is 1. The van der Waals surface area contributed by atoms with Crippen LogP contribution in [0.15, 0.2) is 50.5 Å². The molecule has 0 aliphatic carbocycles. The van der Waals surface area contributed by atoms with E-state index in [1.165, 1.54) is 0 Å². The lowest BCUT2D eigenvalue weighted by Crippen LogP contribution is -2.38. The summed E-state index contributed by atoms with van der Waals surface area (Å²) in [6.07, 6.45) is 1.97. The zero-order chi connectivity index (χ0) is 17.4. The molecule has 1 aromatic heterocycles. The normalized spacial score (nSPS) is 11.2. The van der Waals surface area contributed by atoms with E-state index in [9.17, 15) is 4.79 Å². The molecule has 0 aliphatic rings. The number of nitrogens with one attached hydrogen (secondary N) is 3. The summed E-state index contributed by atoms with van der Waals surface area (Å²) in [6, 6.07) is 9.51. The minimum absolute atomic E-state index is 0.0508. The first kappa shape index (κ1) is 18.1. The molecule has 0 bridgehead atoms. The fourth-order valence-electron chi connectivity index (χ4n) is 2.04. The summed E-state index contributed by atoms with van der Waals surface area (Å²) >= 11 is 3.41. The average Bonchev–Trinajstić information content (AvgIpc) is 3.07. The molecule has 1 amide bonds. The number of carbonyl (C=O) groups excluding carboxylic acids is 1. The minimum Gasteiger partial charge on any atom is -0.467 e. The highest BCUT2D eigenvalue weighted by Gasteiger charge is 2.06. The first-order valence-corrected chi connectivity index (χ1v) is 8.40. The van der Waals surface area contributed by atoms with Crippen molar-refractivity contribution < 1.29 is 9.21 Å². The summed E-state index contributed by atoms with van der Waals surface area (Å²) in [5.41, 5.74) is 1.84. The van der Waals surface area contributed by atoms with E-state index in [4.69, 9.17) is 4.42 Å². The van der Waals surface area contributed by atoms with Gasteiger partial charge in [0.2, 0.25) is 5.91 Å². The fourth-order valence-corrected chi connectivity index (χ4v) is 2.40. The van der Waals surface area contributed by atoms with E-state index in [-0.39, 0.29) is 5.91 Å². The first-order valence-electron chi connectivity index (χ1n) is 7.61. The summed E-state index contributed by atoms with van der Waals surface area (Å²) in [4.78, 5) is 16.2. The second-order valence-corrected chi connectivity index (χ2v) is 6.11. The molecule has 24 heavy (non-hydrogen) atoms. The quantitative estimate of drug-likeness (QED) is 0.521. The Morgan fingerprint density at radius 1 is 1.29 bits per heavy atom. The molecule has 0 radical (unpaired) electrons. The van der Waals surface area contributed by atoms with Crippen molar-refractivity contribution in [3.05, 3.63) is 52.4 Å². The highest BCUT2D eigenvalue weighted by molar-refractivity contribution is 9.10. The fraction of sp³-hybridized carbons (Fsp3) is 0.294. The largest absolute Gasteiger partial charge is 0.467 e. The Morgan fingerprint density at radius 3 is 2.83 bits per heavy atom. The van der Waals surface area contributed by atoms with Crippen molar-refractivity contribution in [2.45, 2.75) is 19.9 Å². The third-order valence-corrected chi connectivity index (χ3v) is 3.85. The Bertz CT molecular complexity index is 699. The number of amides is 1. The van der Waals surface area contributed by atoms with Crippen LogP contribution in [0.2, 0.25) is 0 Å². The number of benzene rings is 1. The van der Waals surface area contributed by atoms with Crippen LogP contribution < -0.4 is 16.0 Å². The molecule has 0 atom stereocenters. The molecule has 1 aromatic carbocycles. The molecule has 0 saturated carbocycles. The third-order valence-electron chi connectivity index (χ3n) is 3.35. The number of anilines is 1. The molecule has 0 spiro atoms. The summed E-state index contributed by atoms with van der Waals surface area (Å²) in [5.74, 6) is 1.39. The van der Waals surface area contributed by atoms with Gasteiger partial charge in [0.15, 0.2) is 5.96 Å². The lowest BCUT2D eigenvalue weighted by molar-refractivity contribution is -0.116. The Balaban J connectivity index is 1.73. The summed E-state index contributed by atoms with van der Waals surface area (Å²) in [7, 11) is 1.68. The molecule has 2 rings (SSSR count). The Hall–Kier alpha value is -2.28. The number of hydrogen-bond donors (Lipinski definition) is 3. The van der Waals surface area contributed by atoms with Gasteiger partial charge in [-0.15, -0.1) is 0 Å². The molecular formula is C17H21BrN4O2. The van der Waals surface area contributed by atoms with Crippen molar-refractivity contribution in [2.75, 3.05) is 18.9 Å². The van der Waals surface area contributed by atoms with Crippen molar-refractivity contribution in [2.24, 2.45) is 4.99 Å². The third kappa shape index (κ3) is 5.73. The summed E-state index contributed by atoms with van der Waals surface area (Å²) in [5, 5.41) is 9.13. The minimum atomic E-state index is -0.0508. The van der Waals surface area contributed by atoms with Gasteiger partial charge >= 0.3 is 0 Å². The number of halogens is 1. The van der Waals surface area contributed by atoms with E-state index in [1.807, 2.05) is 37.3 Å². The van der Waals surface area contributed by atoms with E-state index in [0.29, 0.717) is 25.5 Å². The average molecular weight is 393 g/mol. The highest BCUT2D eigenvalue weighted by Crippen LogP contribution is 2.20. The monoisotopic (exact) mass is 392 g/mol. The number of rotatable bonds is 6. The second kappa shape index (κ2) is 9.12. The van der Waals surface area contributed by atoms with E-state index >= 15 is 0 Å². The van der Waals surface area contributed by atoms with Crippen LogP contribution in [-0.4, -0.2) is 25.5 Å². The Labute approximate surface area is 149 Å². The van der Waals surface area contributed by atoms with Gasteiger partial charge in [-0.1, -0.05) is 22.0 Å². The number of hydrogen-bond acceptors (Lipinski definition) is 3. The number of carbonyl (C=O) groups is 1. The standard InChI is InChI=1S/C17H21BrN4O2/c1-12-5-6-13(18)10-15(12)22-16(23)7-8-20-17(19-2)21-11-14-4-3-9-24-14/h3-6,9-10H,7-8,11H2,1-2H3,(H,22,23)(H2,19,20,21). The van der Waals surface area contributed by atoms with Gasteiger partial charge in [0.25, 0.3) is 0 Å². The maximum Gasteiger partial charge on any atom is 0.226 e. The number of guanidine groups is 1. The molecule has 0 fully saturated rings. The van der Waals surface area contributed by atoms with Gasteiger partial charge in [0.1, 0.15) is 5.76 Å². The molecule has 7 heteroatoms. The van der Waals surface area contributed by atoms with Crippen LogP contribution in [0.4, 0.5) is 5.69 Å². The molecule has 1 heterocycles. The zero-order valence-electron chi connectivity index (χ0n) is 13.7. The summed E-state index contributed by atoms with van der Waals surface area (Å²) in [6.45, 7) is 2.98. The van der Waals surface area contributed by atoms with Crippen LogP contribution >= 0.6 is 15.9 Å². The molecule has 3 N–H and O–H groups in total. The van der Waals surface area contributed by atoms with Gasteiger partial charge < -0.3 is 20.4 Å². The topological polar surface area (TPSA) is 78.7 Å². The maximum atomic E-state index is 12.0. The number of aliphatic imine (C=N–C) groups is 1. The van der Waals surface area contributed by atoms with Crippen LogP contribution in [0, 0.1) is 6.92 Å². The maximum absolute atomic E-state index is 12.0. The van der Waals surface area contributed by atoms with Crippen LogP contribution in [0.25, 0.3) is 0 Å².